The highest BCUT2D eigenvalue weighted by Gasteiger charge is 2.18. The smallest absolute Gasteiger partial charge is 0.277 e. The number of aromatic nitrogens is 4. The van der Waals surface area contributed by atoms with Gasteiger partial charge in [0, 0.05) is 19.2 Å². The van der Waals surface area contributed by atoms with Gasteiger partial charge >= 0.3 is 0 Å². The van der Waals surface area contributed by atoms with Crippen LogP contribution in [0.4, 0.5) is 10.1 Å². The average molecular weight is 410 g/mol. The van der Waals surface area contributed by atoms with Crippen LogP contribution in [-0.4, -0.2) is 57.0 Å². The minimum Gasteiger partial charge on any atom is -0.474 e. The average Bonchev–Trinajstić information content (AvgIpc) is 3.21. The Labute approximate surface area is 173 Å². The molecule has 0 atom stereocenters. The summed E-state index contributed by atoms with van der Waals surface area (Å²) in [5, 5.41) is 10.5. The predicted molar refractivity (Wildman–Crippen MR) is 109 cm³/mol. The van der Waals surface area contributed by atoms with Crippen molar-refractivity contribution < 1.29 is 13.9 Å². The molecule has 1 aliphatic heterocycles. The molecule has 1 fully saturated rings. The highest BCUT2D eigenvalue weighted by Crippen LogP contribution is 2.18. The third kappa shape index (κ3) is 4.80. The van der Waals surface area contributed by atoms with Gasteiger partial charge in [-0.3, -0.25) is 4.79 Å². The maximum atomic E-state index is 13.6. The molecule has 0 spiro atoms. The van der Waals surface area contributed by atoms with Crippen molar-refractivity contribution in [3.63, 3.8) is 0 Å². The van der Waals surface area contributed by atoms with E-state index in [9.17, 15) is 9.18 Å². The molecule has 1 aromatic carbocycles. The number of rotatable bonds is 5. The summed E-state index contributed by atoms with van der Waals surface area (Å²) in [6.07, 6.45) is 5.10. The second-order valence-corrected chi connectivity index (χ2v) is 7.49. The lowest BCUT2D eigenvalue weighted by atomic mass is 10.1. The van der Waals surface area contributed by atoms with Crippen LogP contribution in [0.3, 0.4) is 0 Å². The Morgan fingerprint density at radius 1 is 1.23 bits per heavy atom. The van der Waals surface area contributed by atoms with E-state index < -0.39 is 5.91 Å². The molecule has 1 saturated heterocycles. The molecule has 0 radical (unpaired) electrons. The maximum Gasteiger partial charge on any atom is 0.277 e. The second kappa shape index (κ2) is 8.58. The van der Waals surface area contributed by atoms with E-state index in [2.05, 4.69) is 32.6 Å². The van der Waals surface area contributed by atoms with Crippen molar-refractivity contribution in [1.82, 2.24) is 24.9 Å². The number of benzene rings is 1. The lowest BCUT2D eigenvalue weighted by Gasteiger charge is -2.28. The van der Waals surface area contributed by atoms with E-state index in [-0.39, 0.29) is 17.6 Å². The number of aryl methyl sites for hydroxylation is 1. The van der Waals surface area contributed by atoms with E-state index >= 15 is 0 Å². The first-order valence-electron chi connectivity index (χ1n) is 9.79. The molecule has 1 aliphatic rings. The number of amides is 1. The van der Waals surface area contributed by atoms with Crippen LogP contribution in [0, 0.1) is 12.7 Å². The van der Waals surface area contributed by atoms with Crippen LogP contribution in [0.2, 0.25) is 0 Å². The minimum absolute atomic E-state index is 0.114. The lowest BCUT2D eigenvalue weighted by Crippen LogP contribution is -2.35. The summed E-state index contributed by atoms with van der Waals surface area (Å²) >= 11 is 0. The molecule has 3 heterocycles. The zero-order valence-corrected chi connectivity index (χ0v) is 16.9. The number of anilines is 1. The molecular weight excluding hydrogens is 387 g/mol. The number of piperidine rings is 1. The standard InChI is InChI=1S/C21H23FN6O2/c1-14-9-15(22)11-17(10-14)28-13-19(25-26-28)21(29)24-16-3-4-20(23-12-16)30-18-5-7-27(2)8-6-18/h3-4,9-13,18H,5-8H2,1-2H3,(H,24,29). The van der Waals surface area contributed by atoms with Gasteiger partial charge in [0.15, 0.2) is 5.69 Å². The van der Waals surface area contributed by atoms with Gasteiger partial charge in [-0.25, -0.2) is 14.1 Å². The third-order valence-electron chi connectivity index (χ3n) is 4.96. The van der Waals surface area contributed by atoms with Crippen molar-refractivity contribution in [2.24, 2.45) is 0 Å². The molecule has 156 valence electrons. The molecule has 9 heteroatoms. The molecule has 3 aromatic rings. The van der Waals surface area contributed by atoms with Crippen LogP contribution >= 0.6 is 0 Å². The van der Waals surface area contributed by atoms with E-state index in [0.29, 0.717) is 17.3 Å². The van der Waals surface area contributed by atoms with Crippen LogP contribution in [0.15, 0.2) is 42.7 Å². The fourth-order valence-electron chi connectivity index (χ4n) is 3.34. The van der Waals surface area contributed by atoms with Gasteiger partial charge in [-0.05, 0) is 56.6 Å². The van der Waals surface area contributed by atoms with E-state index in [1.54, 1.807) is 31.3 Å². The van der Waals surface area contributed by atoms with Gasteiger partial charge in [0.2, 0.25) is 5.88 Å². The number of likely N-dealkylation sites (tertiary alicyclic amines) is 1. The van der Waals surface area contributed by atoms with Gasteiger partial charge in [0.25, 0.3) is 5.91 Å². The zero-order valence-electron chi connectivity index (χ0n) is 16.9. The van der Waals surface area contributed by atoms with E-state index in [1.807, 2.05) is 0 Å². The SMILES string of the molecule is Cc1cc(F)cc(-n2cc(C(=O)Nc3ccc(OC4CCN(C)CC4)nc3)nn2)c1. The van der Waals surface area contributed by atoms with Gasteiger partial charge in [-0.2, -0.15) is 0 Å². The van der Waals surface area contributed by atoms with Crippen LogP contribution in [0.1, 0.15) is 28.9 Å². The van der Waals surface area contributed by atoms with E-state index in [1.165, 1.54) is 23.0 Å². The van der Waals surface area contributed by atoms with Crippen LogP contribution in [0.25, 0.3) is 5.69 Å². The topological polar surface area (TPSA) is 85.2 Å². The van der Waals surface area contributed by atoms with E-state index in [0.717, 1.165) is 31.5 Å². The molecule has 30 heavy (non-hydrogen) atoms. The predicted octanol–water partition coefficient (Wildman–Crippen LogP) is 2.84. The largest absolute Gasteiger partial charge is 0.474 e. The molecule has 8 nitrogen and oxygen atoms in total. The van der Waals surface area contributed by atoms with Crippen molar-refractivity contribution in [3.05, 3.63) is 59.8 Å². The number of hydrogen-bond acceptors (Lipinski definition) is 6. The zero-order chi connectivity index (χ0) is 21.1. The summed E-state index contributed by atoms with van der Waals surface area (Å²) in [6.45, 7) is 3.80. The Balaban J connectivity index is 1.37. The molecule has 1 N–H and O–H groups in total. The summed E-state index contributed by atoms with van der Waals surface area (Å²) in [7, 11) is 2.10. The number of pyridine rings is 1. The fourth-order valence-corrected chi connectivity index (χ4v) is 3.34. The number of nitrogens with one attached hydrogen (secondary N) is 1. The van der Waals surface area contributed by atoms with Crippen LogP contribution < -0.4 is 10.1 Å². The summed E-state index contributed by atoms with van der Waals surface area (Å²) in [5.41, 5.74) is 1.88. The Bertz CT molecular complexity index is 1010. The first-order chi connectivity index (χ1) is 14.5. The first-order valence-corrected chi connectivity index (χ1v) is 9.79. The Morgan fingerprint density at radius 3 is 2.73 bits per heavy atom. The molecule has 0 unspecified atom stereocenters. The van der Waals surface area contributed by atoms with Crippen molar-refractivity contribution in [2.45, 2.75) is 25.9 Å². The lowest BCUT2D eigenvalue weighted by molar-refractivity contribution is 0.102. The summed E-state index contributed by atoms with van der Waals surface area (Å²) in [4.78, 5) is 19.0. The quantitative estimate of drug-likeness (QED) is 0.696. The van der Waals surface area contributed by atoms with Crippen LogP contribution in [-0.2, 0) is 0 Å². The summed E-state index contributed by atoms with van der Waals surface area (Å²) in [6, 6.07) is 7.97. The molecular formula is C21H23FN6O2. The van der Waals surface area contributed by atoms with Gasteiger partial charge < -0.3 is 15.0 Å². The molecule has 0 saturated carbocycles. The first kappa shape index (κ1) is 20.0. The van der Waals surface area contributed by atoms with Gasteiger partial charge in [0.1, 0.15) is 11.9 Å². The Kier molecular flexibility index (Phi) is 5.71. The number of ether oxygens (including phenoxy) is 1. The Hall–Kier alpha value is -3.33. The maximum absolute atomic E-state index is 13.6. The monoisotopic (exact) mass is 410 g/mol. The number of nitrogens with zero attached hydrogens (tertiary/aromatic N) is 5. The fraction of sp³-hybridized carbons (Fsp3) is 0.333. The minimum atomic E-state index is -0.430. The van der Waals surface area contributed by atoms with Gasteiger partial charge in [-0.15, -0.1) is 5.10 Å². The number of carbonyl (C=O) groups excluding carboxylic acids is 1. The molecule has 0 bridgehead atoms. The number of hydrogen-bond donors (Lipinski definition) is 1. The van der Waals surface area contributed by atoms with Crippen molar-refractivity contribution >= 4 is 11.6 Å². The summed E-state index contributed by atoms with van der Waals surface area (Å²) in [5.74, 6) is -0.268. The highest BCUT2D eigenvalue weighted by molar-refractivity contribution is 6.02. The van der Waals surface area contributed by atoms with Gasteiger partial charge in [0.05, 0.1) is 23.8 Å². The van der Waals surface area contributed by atoms with Crippen molar-refractivity contribution in [1.29, 1.82) is 0 Å². The summed E-state index contributed by atoms with van der Waals surface area (Å²) < 4.78 is 20.9. The van der Waals surface area contributed by atoms with E-state index in [4.69, 9.17) is 4.74 Å². The number of carbonyl (C=O) groups is 1. The third-order valence-corrected chi connectivity index (χ3v) is 4.96. The second-order valence-electron chi connectivity index (χ2n) is 7.49. The van der Waals surface area contributed by atoms with Gasteiger partial charge in [-0.1, -0.05) is 5.21 Å². The normalized spacial score (nSPS) is 15.2. The van der Waals surface area contributed by atoms with Crippen molar-refractivity contribution in [3.8, 4) is 11.6 Å². The molecule has 0 aliphatic carbocycles. The van der Waals surface area contributed by atoms with Crippen LogP contribution in [0.5, 0.6) is 5.88 Å². The molecule has 4 rings (SSSR count). The van der Waals surface area contributed by atoms with Crippen molar-refractivity contribution in [2.75, 3.05) is 25.5 Å². The number of halogens is 1. The molecule has 1 amide bonds. The highest BCUT2D eigenvalue weighted by atomic mass is 19.1. The molecule has 2 aromatic heterocycles. The Morgan fingerprint density at radius 2 is 2.03 bits per heavy atom.